The van der Waals surface area contributed by atoms with Crippen LogP contribution in [0, 0.1) is 5.92 Å². The van der Waals surface area contributed by atoms with Crippen molar-refractivity contribution in [2.75, 3.05) is 13.2 Å². The SMILES string of the molecule is NC(N)=Nc1ccn(CC2COC(COP(=O)(O)OP(=O)(O)OP(=O)(O)O)=C2O)c(=O)n1. The molecule has 0 aliphatic carbocycles. The van der Waals surface area contributed by atoms with Gasteiger partial charge in [0, 0.05) is 12.7 Å². The van der Waals surface area contributed by atoms with Crippen LogP contribution in [0.1, 0.15) is 0 Å². The second-order valence-electron chi connectivity index (χ2n) is 5.94. The van der Waals surface area contributed by atoms with Gasteiger partial charge in [0.1, 0.15) is 12.4 Å². The van der Waals surface area contributed by atoms with Crippen LogP contribution in [0.25, 0.3) is 0 Å². The number of hydrogen-bond donors (Lipinski definition) is 7. The number of guanidine groups is 1. The van der Waals surface area contributed by atoms with Gasteiger partial charge in [0.15, 0.2) is 17.5 Å². The topological polar surface area (TPSA) is 289 Å². The molecule has 3 atom stereocenters. The Hall–Kier alpha value is -2.10. The van der Waals surface area contributed by atoms with Crippen molar-refractivity contribution < 1.29 is 56.3 Å². The van der Waals surface area contributed by atoms with Crippen molar-refractivity contribution in [3.05, 3.63) is 34.3 Å². The molecule has 1 aliphatic heterocycles. The van der Waals surface area contributed by atoms with Gasteiger partial charge in [-0.25, -0.2) is 18.5 Å². The summed E-state index contributed by atoms with van der Waals surface area (Å²) in [6, 6.07) is 1.33. The van der Waals surface area contributed by atoms with Crippen LogP contribution >= 0.6 is 23.5 Å². The van der Waals surface area contributed by atoms with Gasteiger partial charge in [-0.1, -0.05) is 0 Å². The maximum Gasteiger partial charge on any atom is 0.490 e. The minimum atomic E-state index is -5.68. The number of nitrogens with zero attached hydrogens (tertiary/aromatic N) is 3. The van der Waals surface area contributed by atoms with Gasteiger partial charge in [0.05, 0.1) is 12.5 Å². The van der Waals surface area contributed by atoms with Crippen LogP contribution in [0.15, 0.2) is 33.6 Å². The summed E-state index contributed by atoms with van der Waals surface area (Å²) in [7, 11) is -16.6. The molecule has 0 spiro atoms. The van der Waals surface area contributed by atoms with Crippen molar-refractivity contribution >= 4 is 35.2 Å². The van der Waals surface area contributed by atoms with Gasteiger partial charge in [0.2, 0.25) is 0 Å². The van der Waals surface area contributed by atoms with E-state index in [2.05, 4.69) is 23.1 Å². The van der Waals surface area contributed by atoms with Crippen LogP contribution in [-0.2, 0) is 38.1 Å². The van der Waals surface area contributed by atoms with E-state index >= 15 is 0 Å². The van der Waals surface area contributed by atoms with Crippen LogP contribution in [0.2, 0.25) is 0 Å². The van der Waals surface area contributed by atoms with Crippen molar-refractivity contribution in [2.24, 2.45) is 22.4 Å². The Kier molecular flexibility index (Phi) is 8.01. The predicted molar refractivity (Wildman–Crippen MR) is 103 cm³/mol. The molecular weight excluding hydrogens is 503 g/mol. The molecule has 0 radical (unpaired) electrons. The van der Waals surface area contributed by atoms with E-state index in [1.807, 2.05) is 0 Å². The van der Waals surface area contributed by atoms with Gasteiger partial charge < -0.3 is 40.9 Å². The molecule has 0 amide bonds. The van der Waals surface area contributed by atoms with Crippen molar-refractivity contribution in [2.45, 2.75) is 6.54 Å². The molecule has 2 rings (SSSR count). The first kappa shape index (κ1) is 26.2. The Balaban J connectivity index is 2.03. The number of aliphatic hydroxyl groups excluding tert-OH is 1. The lowest BCUT2D eigenvalue weighted by Crippen LogP contribution is -2.27. The summed E-state index contributed by atoms with van der Waals surface area (Å²) in [5.41, 5.74) is 9.63. The lowest BCUT2D eigenvalue weighted by molar-refractivity contribution is 0.142. The molecule has 2 heterocycles. The Morgan fingerprint density at radius 1 is 1.22 bits per heavy atom. The van der Waals surface area contributed by atoms with Crippen LogP contribution in [0.5, 0.6) is 0 Å². The number of ether oxygens (including phenoxy) is 1. The third-order valence-corrected chi connectivity index (χ3v) is 7.21. The standard InChI is InChI=1S/C11H18N5O13P3/c12-10(13)14-8-1-2-16(11(18)15-8)3-6-4-26-7(9(6)17)5-27-31(22,23)29-32(24,25)28-30(19,20)21/h1-2,6,17H,3-5H2,(H,22,23)(H,24,25)(H2,19,20,21)(H4,12,13,14,15,18). The zero-order valence-electron chi connectivity index (χ0n) is 15.7. The molecule has 1 aliphatic rings. The predicted octanol–water partition coefficient (Wildman–Crippen LogP) is -1.09. The monoisotopic (exact) mass is 521 g/mol. The highest BCUT2D eigenvalue weighted by Gasteiger charge is 2.41. The molecule has 0 saturated carbocycles. The molecule has 0 bridgehead atoms. The van der Waals surface area contributed by atoms with Crippen LogP contribution in [0.3, 0.4) is 0 Å². The van der Waals surface area contributed by atoms with E-state index < -0.39 is 47.4 Å². The number of rotatable bonds is 10. The number of aliphatic hydroxyl groups is 1. The third-order valence-electron chi connectivity index (χ3n) is 3.43. The number of aromatic nitrogens is 2. The fourth-order valence-corrected chi connectivity index (χ4v) is 5.25. The zero-order valence-corrected chi connectivity index (χ0v) is 18.4. The summed E-state index contributed by atoms with van der Waals surface area (Å²) in [5.74, 6) is -1.98. The largest absolute Gasteiger partial charge is 0.508 e. The van der Waals surface area contributed by atoms with Crippen molar-refractivity contribution in [3.63, 3.8) is 0 Å². The minimum absolute atomic E-state index is 0.0367. The van der Waals surface area contributed by atoms with E-state index in [0.717, 1.165) is 4.57 Å². The van der Waals surface area contributed by atoms with Gasteiger partial charge in [-0.15, -0.1) is 0 Å². The highest BCUT2D eigenvalue weighted by atomic mass is 31.3. The molecule has 32 heavy (non-hydrogen) atoms. The first-order valence-corrected chi connectivity index (χ1v) is 12.6. The Morgan fingerprint density at radius 2 is 1.88 bits per heavy atom. The summed E-state index contributed by atoms with van der Waals surface area (Å²) in [6.45, 7) is -1.25. The highest BCUT2D eigenvalue weighted by molar-refractivity contribution is 7.66. The van der Waals surface area contributed by atoms with E-state index in [9.17, 15) is 28.5 Å². The molecule has 0 fully saturated rings. The third kappa shape index (κ3) is 8.11. The van der Waals surface area contributed by atoms with Crippen molar-refractivity contribution in [3.8, 4) is 0 Å². The molecule has 21 heteroatoms. The average Bonchev–Trinajstić information content (AvgIpc) is 2.92. The van der Waals surface area contributed by atoms with E-state index in [0.29, 0.717) is 0 Å². The summed E-state index contributed by atoms with van der Waals surface area (Å²) >= 11 is 0. The van der Waals surface area contributed by atoms with E-state index in [1.165, 1.54) is 12.3 Å². The van der Waals surface area contributed by atoms with Crippen molar-refractivity contribution in [1.82, 2.24) is 9.55 Å². The molecule has 0 aromatic carbocycles. The number of hydrogen-bond acceptors (Lipinski definition) is 11. The van der Waals surface area contributed by atoms with E-state index in [4.69, 9.17) is 30.9 Å². The molecule has 9 N–H and O–H groups in total. The minimum Gasteiger partial charge on any atom is -0.508 e. The fourth-order valence-electron chi connectivity index (χ4n) is 2.27. The molecule has 180 valence electrons. The first-order valence-electron chi connectivity index (χ1n) is 8.07. The van der Waals surface area contributed by atoms with E-state index in [-0.39, 0.29) is 30.7 Å². The van der Waals surface area contributed by atoms with Crippen LogP contribution < -0.4 is 17.2 Å². The number of phosphoric ester groups is 1. The fraction of sp³-hybridized carbons (Fsp3) is 0.364. The molecule has 18 nitrogen and oxygen atoms in total. The number of aliphatic imine (C=N–C) groups is 1. The summed E-state index contributed by atoms with van der Waals surface area (Å²) < 4.78 is 51.3. The second kappa shape index (κ2) is 9.80. The maximum atomic E-state index is 12.0. The van der Waals surface area contributed by atoms with Gasteiger partial charge >= 0.3 is 29.2 Å². The van der Waals surface area contributed by atoms with Crippen molar-refractivity contribution in [1.29, 1.82) is 0 Å². The molecule has 0 saturated heterocycles. The van der Waals surface area contributed by atoms with Crippen LogP contribution in [0.4, 0.5) is 5.82 Å². The number of nitrogens with two attached hydrogens (primary N) is 2. The van der Waals surface area contributed by atoms with Gasteiger partial charge in [-0.05, 0) is 6.07 Å². The zero-order chi connectivity index (χ0) is 24.3. The Bertz CT molecular complexity index is 1120. The second-order valence-corrected chi connectivity index (χ2v) is 10.4. The quantitative estimate of drug-likeness (QED) is 0.109. The molecule has 1 aromatic rings. The molecule has 3 unspecified atom stereocenters. The average molecular weight is 521 g/mol. The summed E-state index contributed by atoms with van der Waals surface area (Å²) in [5, 5.41) is 10.2. The van der Waals surface area contributed by atoms with Crippen LogP contribution in [-0.4, -0.2) is 53.4 Å². The maximum absolute atomic E-state index is 12.0. The van der Waals surface area contributed by atoms with Gasteiger partial charge in [-0.3, -0.25) is 9.09 Å². The lowest BCUT2D eigenvalue weighted by Gasteiger charge is -2.16. The summed E-state index contributed by atoms with van der Waals surface area (Å²) in [4.78, 5) is 54.7. The first-order chi connectivity index (χ1) is 14.6. The summed E-state index contributed by atoms with van der Waals surface area (Å²) in [6.07, 6.45) is 1.30. The Labute approximate surface area is 178 Å². The highest BCUT2D eigenvalue weighted by Crippen LogP contribution is 2.66. The smallest absolute Gasteiger partial charge is 0.490 e. The normalized spacial score (nSPS) is 20.3. The molecular formula is C11H18N5O13P3. The Morgan fingerprint density at radius 3 is 2.44 bits per heavy atom. The molecule has 1 aromatic heterocycles. The lowest BCUT2D eigenvalue weighted by atomic mass is 10.1. The van der Waals surface area contributed by atoms with Gasteiger partial charge in [-0.2, -0.15) is 18.6 Å². The van der Waals surface area contributed by atoms with Gasteiger partial charge in [0.25, 0.3) is 0 Å². The van der Waals surface area contributed by atoms with E-state index in [1.54, 1.807) is 0 Å². The number of phosphoric acid groups is 3.